The number of sulfonamides is 1. The third-order valence-corrected chi connectivity index (χ3v) is 5.79. The quantitative estimate of drug-likeness (QED) is 0.509. The van der Waals surface area contributed by atoms with Crippen LogP contribution in [0.2, 0.25) is 0 Å². The Hall–Kier alpha value is -3.69. The lowest BCUT2D eigenvalue weighted by Gasteiger charge is -2.11. The number of non-ortho nitro benzene ring substituents is 1. The molecule has 0 radical (unpaired) electrons. The Morgan fingerprint density at radius 2 is 1.50 bits per heavy atom. The lowest BCUT2D eigenvalue weighted by molar-refractivity contribution is -0.384. The highest BCUT2D eigenvalue weighted by molar-refractivity contribution is 7.89. The van der Waals surface area contributed by atoms with Gasteiger partial charge in [-0.3, -0.25) is 19.9 Å². The van der Waals surface area contributed by atoms with E-state index in [0.717, 1.165) is 0 Å². The maximum absolute atomic E-state index is 13.1. The van der Waals surface area contributed by atoms with Crippen molar-refractivity contribution in [3.63, 3.8) is 0 Å². The number of ketones is 1. The van der Waals surface area contributed by atoms with Crippen LogP contribution in [0.15, 0.2) is 82.7 Å². The van der Waals surface area contributed by atoms with Gasteiger partial charge in [-0.05, 0) is 29.8 Å². The fourth-order valence-corrected chi connectivity index (χ4v) is 3.94. The van der Waals surface area contributed by atoms with Crippen molar-refractivity contribution < 1.29 is 18.1 Å². The van der Waals surface area contributed by atoms with Crippen LogP contribution in [-0.4, -0.2) is 24.8 Å². The van der Waals surface area contributed by atoms with Gasteiger partial charge in [-0.25, -0.2) is 13.6 Å². The van der Waals surface area contributed by atoms with Gasteiger partial charge >= 0.3 is 0 Å². The van der Waals surface area contributed by atoms with Crippen LogP contribution in [0, 0.1) is 10.1 Å². The van der Waals surface area contributed by atoms with Gasteiger partial charge < -0.3 is 0 Å². The third kappa shape index (κ3) is 3.51. The van der Waals surface area contributed by atoms with Gasteiger partial charge in [-0.1, -0.05) is 36.4 Å². The summed E-state index contributed by atoms with van der Waals surface area (Å²) in [6.07, 6.45) is 0. The van der Waals surface area contributed by atoms with E-state index in [4.69, 9.17) is 5.14 Å². The molecular formula is C21H15N3O5S. The summed E-state index contributed by atoms with van der Waals surface area (Å²) < 4.78 is 22.9. The molecule has 0 fully saturated rings. The molecule has 1 atom stereocenters. The minimum Gasteiger partial charge on any atom is -0.293 e. The third-order valence-electron chi connectivity index (χ3n) is 4.86. The molecule has 4 rings (SSSR count). The Labute approximate surface area is 171 Å². The summed E-state index contributed by atoms with van der Waals surface area (Å²) in [7, 11) is -3.83. The van der Waals surface area contributed by atoms with Crippen LogP contribution in [0.4, 0.5) is 11.4 Å². The monoisotopic (exact) mass is 421 g/mol. The number of Topliss-reactive ketones (excluding diaryl/α,β-unsaturated/α-hetero) is 1. The second kappa shape index (κ2) is 7.29. The van der Waals surface area contributed by atoms with Gasteiger partial charge in [0.15, 0.2) is 5.78 Å². The van der Waals surface area contributed by atoms with Crippen molar-refractivity contribution in [2.75, 3.05) is 0 Å². The lowest BCUT2D eigenvalue weighted by atomic mass is 9.93. The van der Waals surface area contributed by atoms with Crippen LogP contribution in [-0.2, 0) is 10.0 Å². The second-order valence-electron chi connectivity index (χ2n) is 6.73. The molecule has 1 aliphatic rings. The minimum atomic E-state index is -3.83. The molecule has 0 heterocycles. The summed E-state index contributed by atoms with van der Waals surface area (Å²) in [5.41, 5.74) is 2.64. The van der Waals surface area contributed by atoms with Crippen molar-refractivity contribution in [3.8, 4) is 0 Å². The van der Waals surface area contributed by atoms with Gasteiger partial charge in [0.05, 0.1) is 27.1 Å². The number of carbonyl (C=O) groups excluding carboxylic acids is 1. The highest BCUT2D eigenvalue weighted by Gasteiger charge is 2.37. The topological polar surface area (TPSA) is 133 Å². The van der Waals surface area contributed by atoms with Gasteiger partial charge in [0.1, 0.15) is 0 Å². The number of aliphatic imine (C=N–C) groups is 1. The van der Waals surface area contributed by atoms with Crippen LogP contribution >= 0.6 is 0 Å². The highest BCUT2D eigenvalue weighted by atomic mass is 32.2. The molecule has 0 aliphatic heterocycles. The molecule has 30 heavy (non-hydrogen) atoms. The lowest BCUT2D eigenvalue weighted by Crippen LogP contribution is -2.14. The maximum Gasteiger partial charge on any atom is 0.269 e. The van der Waals surface area contributed by atoms with E-state index in [-0.39, 0.29) is 16.4 Å². The van der Waals surface area contributed by atoms with Crippen LogP contribution in [0.1, 0.15) is 27.4 Å². The Balaban J connectivity index is 1.82. The Morgan fingerprint density at radius 3 is 2.07 bits per heavy atom. The maximum atomic E-state index is 13.1. The fourth-order valence-electron chi connectivity index (χ4n) is 3.43. The van der Waals surface area contributed by atoms with Gasteiger partial charge in [-0.15, -0.1) is 0 Å². The number of benzene rings is 3. The molecular weight excluding hydrogens is 406 g/mol. The van der Waals surface area contributed by atoms with Crippen LogP contribution in [0.3, 0.4) is 0 Å². The number of fused-ring (bicyclic) bond motifs is 1. The molecule has 1 aliphatic carbocycles. The van der Waals surface area contributed by atoms with E-state index in [1.54, 1.807) is 36.4 Å². The van der Waals surface area contributed by atoms with Crippen molar-refractivity contribution in [2.24, 2.45) is 10.1 Å². The number of hydrogen-bond donors (Lipinski definition) is 1. The molecule has 0 spiro atoms. The van der Waals surface area contributed by atoms with Gasteiger partial charge in [-0.2, -0.15) is 0 Å². The Kier molecular flexibility index (Phi) is 4.76. The first kappa shape index (κ1) is 19.6. The first-order valence-electron chi connectivity index (χ1n) is 8.85. The Bertz CT molecular complexity index is 1300. The minimum absolute atomic E-state index is 0.0405. The molecule has 0 aromatic heterocycles. The van der Waals surface area contributed by atoms with Crippen molar-refractivity contribution in [3.05, 3.63) is 99.6 Å². The predicted molar refractivity (Wildman–Crippen MR) is 111 cm³/mol. The number of nitrogens with zero attached hydrogens (tertiary/aromatic N) is 2. The molecule has 2 N–H and O–H groups in total. The fraction of sp³-hybridized carbons (Fsp3) is 0.0476. The summed E-state index contributed by atoms with van der Waals surface area (Å²) >= 11 is 0. The molecule has 150 valence electrons. The SMILES string of the molecule is NS(=O)(=O)c1ccc(N=C2c3ccccc3C(=O)C2c2ccc([N+](=O)[O-])cc2)cc1. The zero-order chi connectivity index (χ0) is 21.5. The number of rotatable bonds is 4. The summed E-state index contributed by atoms with van der Waals surface area (Å²) in [4.78, 5) is 28.1. The van der Waals surface area contributed by atoms with E-state index in [9.17, 15) is 23.3 Å². The largest absolute Gasteiger partial charge is 0.293 e. The summed E-state index contributed by atoms with van der Waals surface area (Å²) in [6.45, 7) is 0. The average Bonchev–Trinajstić information content (AvgIpc) is 3.00. The van der Waals surface area contributed by atoms with E-state index < -0.39 is 20.9 Å². The van der Waals surface area contributed by atoms with Crippen molar-refractivity contribution >= 4 is 32.9 Å². The molecule has 0 saturated heterocycles. The van der Waals surface area contributed by atoms with Crippen molar-refractivity contribution in [1.29, 1.82) is 0 Å². The molecule has 0 saturated carbocycles. The standard InChI is InChI=1S/C21H15N3O5S/c22-30(28,29)16-11-7-14(8-12-16)23-20-17-3-1-2-4-18(17)21(25)19(20)13-5-9-15(10-6-13)24(26)27/h1-12,19H,(H2,22,28,29). The molecule has 0 amide bonds. The first-order valence-corrected chi connectivity index (χ1v) is 10.4. The van der Waals surface area contributed by atoms with E-state index in [1.165, 1.54) is 36.4 Å². The highest BCUT2D eigenvalue weighted by Crippen LogP contribution is 2.36. The van der Waals surface area contributed by atoms with Crippen LogP contribution < -0.4 is 5.14 Å². The number of nitro groups is 1. The number of hydrogen-bond acceptors (Lipinski definition) is 6. The Morgan fingerprint density at radius 1 is 0.900 bits per heavy atom. The molecule has 8 nitrogen and oxygen atoms in total. The van der Waals surface area contributed by atoms with Crippen molar-refractivity contribution in [2.45, 2.75) is 10.8 Å². The molecule has 0 bridgehead atoms. The number of nitrogens with two attached hydrogens (primary N) is 1. The molecule has 9 heteroatoms. The number of carbonyl (C=O) groups is 1. The zero-order valence-corrected chi connectivity index (χ0v) is 16.2. The van der Waals surface area contributed by atoms with E-state index >= 15 is 0 Å². The van der Waals surface area contributed by atoms with E-state index in [0.29, 0.717) is 28.1 Å². The predicted octanol–water partition coefficient (Wildman–Crippen LogP) is 3.34. The summed E-state index contributed by atoms with van der Waals surface area (Å²) in [6, 6.07) is 18.6. The van der Waals surface area contributed by atoms with Gasteiger partial charge in [0, 0.05) is 23.3 Å². The van der Waals surface area contributed by atoms with E-state index in [2.05, 4.69) is 4.99 Å². The molecule has 1 unspecified atom stereocenters. The zero-order valence-electron chi connectivity index (χ0n) is 15.4. The van der Waals surface area contributed by atoms with Gasteiger partial charge in [0.25, 0.3) is 5.69 Å². The normalized spacial score (nSPS) is 17.2. The van der Waals surface area contributed by atoms with Gasteiger partial charge in [0.2, 0.25) is 10.0 Å². The number of primary sulfonamides is 1. The van der Waals surface area contributed by atoms with Crippen LogP contribution in [0.25, 0.3) is 0 Å². The van der Waals surface area contributed by atoms with Crippen molar-refractivity contribution in [1.82, 2.24) is 0 Å². The molecule has 3 aromatic carbocycles. The van der Waals surface area contributed by atoms with Crippen LogP contribution in [0.5, 0.6) is 0 Å². The van der Waals surface area contributed by atoms with E-state index in [1.807, 2.05) is 0 Å². The first-order chi connectivity index (χ1) is 14.3. The smallest absolute Gasteiger partial charge is 0.269 e. The number of nitro benzene ring substituents is 1. The molecule has 3 aromatic rings. The second-order valence-corrected chi connectivity index (χ2v) is 8.29. The summed E-state index contributed by atoms with van der Waals surface area (Å²) in [5, 5.41) is 16.1. The average molecular weight is 421 g/mol. The summed E-state index contributed by atoms with van der Waals surface area (Å²) in [5.74, 6) is -0.875.